The molecule has 1 aliphatic heterocycles. The second-order valence-electron chi connectivity index (χ2n) is 7.16. The summed E-state index contributed by atoms with van der Waals surface area (Å²) in [5, 5.41) is 11.6. The number of anilines is 1. The molecule has 0 spiro atoms. The number of aromatic carboxylic acids is 1. The molecule has 2 atom stereocenters. The Morgan fingerprint density at radius 1 is 1.15 bits per heavy atom. The molecule has 1 aliphatic rings. The first-order valence-corrected chi connectivity index (χ1v) is 8.86. The minimum atomic E-state index is -1.18. The van der Waals surface area contributed by atoms with Gasteiger partial charge in [0.1, 0.15) is 6.26 Å². The molecular formula is C20H22N2O5. The number of carboxylic acids is 1. The van der Waals surface area contributed by atoms with Gasteiger partial charge in [-0.3, -0.25) is 9.59 Å². The van der Waals surface area contributed by atoms with Gasteiger partial charge in [-0.1, -0.05) is 26.0 Å². The molecule has 3 rings (SSSR count). The van der Waals surface area contributed by atoms with Crippen molar-refractivity contribution in [1.82, 2.24) is 4.90 Å². The van der Waals surface area contributed by atoms with Gasteiger partial charge in [0, 0.05) is 19.2 Å². The van der Waals surface area contributed by atoms with Crippen molar-refractivity contribution in [2.45, 2.75) is 20.3 Å². The van der Waals surface area contributed by atoms with Gasteiger partial charge >= 0.3 is 5.97 Å². The van der Waals surface area contributed by atoms with E-state index in [0.29, 0.717) is 36.2 Å². The number of carbonyl (C=O) groups excluding carboxylic acids is 2. The Morgan fingerprint density at radius 3 is 2.44 bits per heavy atom. The average molecular weight is 370 g/mol. The summed E-state index contributed by atoms with van der Waals surface area (Å²) in [5.74, 6) is -1.19. The second-order valence-corrected chi connectivity index (χ2v) is 7.16. The first-order valence-electron chi connectivity index (χ1n) is 8.86. The number of amides is 2. The van der Waals surface area contributed by atoms with Crippen molar-refractivity contribution >= 4 is 23.5 Å². The number of carboxylic acid groups (broad SMARTS) is 1. The van der Waals surface area contributed by atoms with Gasteiger partial charge in [-0.25, -0.2) is 4.79 Å². The van der Waals surface area contributed by atoms with Crippen molar-refractivity contribution in [2.75, 3.05) is 18.4 Å². The molecule has 142 valence electrons. The quantitative estimate of drug-likeness (QED) is 0.860. The summed E-state index contributed by atoms with van der Waals surface area (Å²) in [5.41, 5.74) is 0.657. The van der Waals surface area contributed by atoms with E-state index in [-0.39, 0.29) is 17.2 Å². The number of para-hydroxylation sites is 1. The summed E-state index contributed by atoms with van der Waals surface area (Å²) in [6.07, 6.45) is 2.09. The van der Waals surface area contributed by atoms with Crippen LogP contribution in [0.25, 0.3) is 0 Å². The molecule has 1 saturated heterocycles. The van der Waals surface area contributed by atoms with Gasteiger partial charge in [0.25, 0.3) is 11.8 Å². The predicted molar refractivity (Wildman–Crippen MR) is 98.9 cm³/mol. The first-order chi connectivity index (χ1) is 12.8. The van der Waals surface area contributed by atoms with E-state index >= 15 is 0 Å². The van der Waals surface area contributed by atoms with Gasteiger partial charge in [-0.15, -0.1) is 0 Å². The maximum absolute atomic E-state index is 13.0. The fraction of sp³-hybridized carbons (Fsp3) is 0.350. The van der Waals surface area contributed by atoms with Crippen molar-refractivity contribution in [2.24, 2.45) is 11.8 Å². The number of hydrogen-bond donors (Lipinski definition) is 2. The zero-order valence-corrected chi connectivity index (χ0v) is 15.3. The normalized spacial score (nSPS) is 19.6. The van der Waals surface area contributed by atoms with Gasteiger partial charge in [0.15, 0.2) is 5.76 Å². The van der Waals surface area contributed by atoms with Crippen LogP contribution in [0.1, 0.15) is 51.5 Å². The fourth-order valence-corrected chi connectivity index (χ4v) is 3.53. The number of hydrogen-bond acceptors (Lipinski definition) is 4. The van der Waals surface area contributed by atoms with Crippen LogP contribution >= 0.6 is 0 Å². The molecular weight excluding hydrogens is 348 g/mol. The topological polar surface area (TPSA) is 99.9 Å². The summed E-state index contributed by atoms with van der Waals surface area (Å²) in [7, 11) is 0. The van der Waals surface area contributed by atoms with Crippen molar-refractivity contribution in [3.05, 3.63) is 53.5 Å². The Hall–Kier alpha value is -3.09. The Bertz CT molecular complexity index is 863. The predicted octanol–water partition coefficient (Wildman–Crippen LogP) is 3.35. The first kappa shape index (κ1) is 18.7. The zero-order chi connectivity index (χ0) is 19.6. The van der Waals surface area contributed by atoms with E-state index in [9.17, 15) is 14.4 Å². The monoisotopic (exact) mass is 370 g/mol. The molecule has 1 fully saturated rings. The van der Waals surface area contributed by atoms with Crippen molar-refractivity contribution in [3.63, 3.8) is 0 Å². The molecule has 0 radical (unpaired) electrons. The number of nitrogens with zero attached hydrogens (tertiary/aromatic N) is 1. The lowest BCUT2D eigenvalue weighted by molar-refractivity contribution is 0.0623. The highest BCUT2D eigenvalue weighted by atomic mass is 16.4. The third-order valence-corrected chi connectivity index (χ3v) is 4.63. The number of carbonyl (C=O) groups is 3. The maximum Gasteiger partial charge on any atom is 0.338 e. The number of nitrogens with one attached hydrogen (secondary N) is 1. The van der Waals surface area contributed by atoms with Crippen molar-refractivity contribution in [3.8, 4) is 0 Å². The van der Waals surface area contributed by atoms with E-state index < -0.39 is 11.9 Å². The lowest BCUT2D eigenvalue weighted by atomic mass is 9.91. The molecule has 1 aromatic carbocycles. The number of benzene rings is 1. The Kier molecular flexibility index (Phi) is 5.30. The highest BCUT2D eigenvalue weighted by molar-refractivity contribution is 6.08. The minimum Gasteiger partial charge on any atom is -0.478 e. The lowest BCUT2D eigenvalue weighted by Gasteiger charge is -2.35. The molecule has 2 amide bonds. The van der Waals surface area contributed by atoms with E-state index in [2.05, 4.69) is 19.2 Å². The van der Waals surface area contributed by atoms with Gasteiger partial charge in [-0.2, -0.15) is 0 Å². The smallest absolute Gasteiger partial charge is 0.338 e. The fourth-order valence-electron chi connectivity index (χ4n) is 3.53. The van der Waals surface area contributed by atoms with Gasteiger partial charge in [0.2, 0.25) is 0 Å². The van der Waals surface area contributed by atoms with Crippen LogP contribution in [0.15, 0.2) is 41.0 Å². The van der Waals surface area contributed by atoms with Crippen LogP contribution in [0.3, 0.4) is 0 Å². The van der Waals surface area contributed by atoms with E-state index in [0.717, 1.165) is 18.8 Å². The Balaban J connectivity index is 1.80. The number of rotatable bonds is 4. The SMILES string of the molecule is CC1CC(C)CN(C(=O)c2ccccc2NC(=O)c2cc(C(=O)O)co2)C1. The number of piperidine rings is 1. The van der Waals surface area contributed by atoms with Gasteiger partial charge < -0.3 is 19.7 Å². The molecule has 2 unspecified atom stereocenters. The van der Waals surface area contributed by atoms with Gasteiger partial charge in [0.05, 0.1) is 16.8 Å². The molecule has 7 heteroatoms. The van der Waals surface area contributed by atoms with E-state index in [1.807, 2.05) is 4.90 Å². The molecule has 0 saturated carbocycles. The molecule has 27 heavy (non-hydrogen) atoms. The summed E-state index contributed by atoms with van der Waals surface area (Å²) < 4.78 is 5.02. The highest BCUT2D eigenvalue weighted by Crippen LogP contribution is 2.25. The van der Waals surface area contributed by atoms with E-state index in [1.54, 1.807) is 24.3 Å². The zero-order valence-electron chi connectivity index (χ0n) is 15.3. The van der Waals surface area contributed by atoms with Crippen molar-refractivity contribution in [1.29, 1.82) is 0 Å². The third kappa shape index (κ3) is 4.19. The molecule has 2 N–H and O–H groups in total. The number of furan rings is 1. The summed E-state index contributed by atoms with van der Waals surface area (Å²) in [4.78, 5) is 38.1. The van der Waals surface area contributed by atoms with Crippen LogP contribution in [0, 0.1) is 11.8 Å². The maximum atomic E-state index is 13.0. The molecule has 0 aliphatic carbocycles. The summed E-state index contributed by atoms with van der Waals surface area (Å²) >= 11 is 0. The van der Waals surface area contributed by atoms with Crippen molar-refractivity contribution < 1.29 is 23.9 Å². The lowest BCUT2D eigenvalue weighted by Crippen LogP contribution is -2.42. The highest BCUT2D eigenvalue weighted by Gasteiger charge is 2.27. The number of likely N-dealkylation sites (tertiary alicyclic amines) is 1. The Labute approximate surface area is 157 Å². The largest absolute Gasteiger partial charge is 0.478 e. The average Bonchev–Trinajstić information content (AvgIpc) is 3.11. The minimum absolute atomic E-state index is 0.110. The molecule has 2 aromatic rings. The van der Waals surface area contributed by atoms with Crippen LogP contribution in [0.4, 0.5) is 5.69 Å². The van der Waals surface area contributed by atoms with Crippen LogP contribution in [-0.4, -0.2) is 40.9 Å². The molecule has 7 nitrogen and oxygen atoms in total. The van der Waals surface area contributed by atoms with Crippen LogP contribution < -0.4 is 5.32 Å². The molecule has 1 aromatic heterocycles. The Morgan fingerprint density at radius 2 is 1.81 bits per heavy atom. The van der Waals surface area contributed by atoms with Crippen LogP contribution in [0.5, 0.6) is 0 Å². The standard InChI is InChI=1S/C20H22N2O5/c1-12-7-13(2)10-22(9-12)19(24)15-5-3-4-6-16(15)21-18(23)17-8-14(11-27-17)20(25)26/h3-6,8,11-13H,7,9-10H2,1-2H3,(H,21,23)(H,25,26). The molecule has 0 bridgehead atoms. The summed E-state index contributed by atoms with van der Waals surface area (Å²) in [6.45, 7) is 5.62. The second kappa shape index (κ2) is 7.65. The third-order valence-electron chi connectivity index (χ3n) is 4.63. The molecule has 2 heterocycles. The van der Waals surface area contributed by atoms with Crippen LogP contribution in [0.2, 0.25) is 0 Å². The van der Waals surface area contributed by atoms with Crippen LogP contribution in [-0.2, 0) is 0 Å². The van der Waals surface area contributed by atoms with E-state index in [4.69, 9.17) is 9.52 Å². The van der Waals surface area contributed by atoms with Gasteiger partial charge in [-0.05, 0) is 30.4 Å². The summed E-state index contributed by atoms with van der Waals surface area (Å²) in [6, 6.07) is 7.93. The van der Waals surface area contributed by atoms with E-state index in [1.165, 1.54) is 0 Å².